The zero-order chi connectivity index (χ0) is 19.0. The smallest absolute Gasteiger partial charge is 0.407 e. The maximum Gasteiger partial charge on any atom is 0.407 e. The van der Waals surface area contributed by atoms with Crippen molar-refractivity contribution in [2.24, 2.45) is 0 Å². The van der Waals surface area contributed by atoms with Gasteiger partial charge in [0.15, 0.2) is 0 Å². The molecule has 0 radical (unpaired) electrons. The molecule has 26 heavy (non-hydrogen) atoms. The van der Waals surface area contributed by atoms with Crippen LogP contribution in [0.5, 0.6) is 11.5 Å². The third-order valence-electron chi connectivity index (χ3n) is 3.29. The van der Waals surface area contributed by atoms with Gasteiger partial charge in [-0.15, -0.1) is 0 Å². The van der Waals surface area contributed by atoms with Gasteiger partial charge in [0.1, 0.15) is 17.1 Å². The number of hydrogen-bond donors (Lipinski definition) is 2. The Bertz CT molecular complexity index is 729. The molecule has 2 aromatic rings. The topological polar surface area (TPSA) is 73.6 Å². The molecule has 0 aliphatic carbocycles. The number of hydrogen-bond acceptors (Lipinski definition) is 4. The van der Waals surface area contributed by atoms with Gasteiger partial charge in [0.25, 0.3) is 0 Å². The van der Waals surface area contributed by atoms with Crippen molar-refractivity contribution in [2.75, 3.05) is 12.3 Å². The highest BCUT2D eigenvalue weighted by Gasteiger charge is 2.15. The SMILES string of the molecule is CC(C)(C)OC(=O)NCCC=Cc1ccc(Oc2ccc(N)cc2)cc1. The van der Waals surface area contributed by atoms with Gasteiger partial charge < -0.3 is 20.5 Å². The first-order chi connectivity index (χ1) is 12.3. The predicted octanol–water partition coefficient (Wildman–Crippen LogP) is 4.99. The van der Waals surface area contributed by atoms with E-state index in [1.165, 1.54) is 0 Å². The molecule has 0 aliphatic rings. The fraction of sp³-hybridized carbons (Fsp3) is 0.286. The molecule has 1 amide bonds. The lowest BCUT2D eigenvalue weighted by molar-refractivity contribution is 0.0529. The molecule has 0 aliphatic heterocycles. The molecule has 0 spiro atoms. The Balaban J connectivity index is 1.75. The van der Waals surface area contributed by atoms with Crippen LogP contribution in [0.15, 0.2) is 54.6 Å². The minimum atomic E-state index is -0.476. The lowest BCUT2D eigenvalue weighted by Crippen LogP contribution is -2.32. The first kappa shape index (κ1) is 19.4. The summed E-state index contributed by atoms with van der Waals surface area (Å²) in [6, 6.07) is 15.1. The number of nitrogen functional groups attached to an aromatic ring is 1. The van der Waals surface area contributed by atoms with Crippen LogP contribution in [0, 0.1) is 0 Å². The molecule has 138 valence electrons. The van der Waals surface area contributed by atoms with Gasteiger partial charge in [-0.1, -0.05) is 24.3 Å². The molecule has 0 saturated heterocycles. The average molecular weight is 354 g/mol. The van der Waals surface area contributed by atoms with E-state index in [4.69, 9.17) is 15.2 Å². The highest BCUT2D eigenvalue weighted by atomic mass is 16.6. The molecule has 2 rings (SSSR count). The number of anilines is 1. The molecular formula is C21H26N2O3. The molecule has 0 bridgehead atoms. The van der Waals surface area contributed by atoms with Crippen molar-refractivity contribution in [3.63, 3.8) is 0 Å². The summed E-state index contributed by atoms with van der Waals surface area (Å²) in [5.41, 5.74) is 6.95. The second-order valence-corrected chi connectivity index (χ2v) is 6.86. The summed E-state index contributed by atoms with van der Waals surface area (Å²) in [4.78, 5) is 11.5. The maximum atomic E-state index is 11.5. The summed E-state index contributed by atoms with van der Waals surface area (Å²) in [6.07, 6.45) is 4.34. The second kappa shape index (κ2) is 8.94. The van der Waals surface area contributed by atoms with Crippen LogP contribution in [-0.4, -0.2) is 18.2 Å². The first-order valence-electron chi connectivity index (χ1n) is 8.59. The van der Waals surface area contributed by atoms with Crippen LogP contribution in [0.1, 0.15) is 32.8 Å². The van der Waals surface area contributed by atoms with Gasteiger partial charge in [-0.05, 0) is 69.2 Å². The Morgan fingerprint density at radius 2 is 1.62 bits per heavy atom. The highest BCUT2D eigenvalue weighted by Crippen LogP contribution is 2.22. The standard InChI is InChI=1S/C21H26N2O3/c1-21(2,3)26-20(24)23-15-5-4-6-16-7-11-18(12-8-16)25-19-13-9-17(22)10-14-19/h4,6-14H,5,15,22H2,1-3H3,(H,23,24). The number of nitrogens with two attached hydrogens (primary N) is 1. The number of carbonyl (C=O) groups is 1. The molecule has 0 saturated carbocycles. The Morgan fingerprint density at radius 1 is 1.04 bits per heavy atom. The molecule has 5 nitrogen and oxygen atoms in total. The summed E-state index contributed by atoms with van der Waals surface area (Å²) in [6.45, 7) is 6.05. The number of benzene rings is 2. The van der Waals surface area contributed by atoms with Crippen molar-refractivity contribution in [3.8, 4) is 11.5 Å². The quantitative estimate of drug-likeness (QED) is 0.566. The van der Waals surface area contributed by atoms with E-state index in [0.29, 0.717) is 12.2 Å². The second-order valence-electron chi connectivity index (χ2n) is 6.86. The van der Waals surface area contributed by atoms with Gasteiger partial charge in [0, 0.05) is 12.2 Å². The van der Waals surface area contributed by atoms with Gasteiger partial charge in [-0.25, -0.2) is 4.79 Å². The van der Waals surface area contributed by atoms with Crippen molar-refractivity contribution in [1.29, 1.82) is 0 Å². The summed E-state index contributed by atoms with van der Waals surface area (Å²) >= 11 is 0. The largest absolute Gasteiger partial charge is 0.457 e. The molecule has 0 fully saturated rings. The van der Waals surface area contributed by atoms with Crippen molar-refractivity contribution < 1.29 is 14.3 Å². The van der Waals surface area contributed by atoms with E-state index in [-0.39, 0.29) is 0 Å². The Kier molecular flexibility index (Phi) is 6.67. The van der Waals surface area contributed by atoms with Crippen LogP contribution < -0.4 is 15.8 Å². The number of nitrogens with one attached hydrogen (secondary N) is 1. The van der Waals surface area contributed by atoms with E-state index in [2.05, 4.69) is 5.32 Å². The van der Waals surface area contributed by atoms with E-state index < -0.39 is 11.7 Å². The third kappa shape index (κ3) is 7.30. The van der Waals surface area contributed by atoms with Crippen LogP contribution in [0.3, 0.4) is 0 Å². The van der Waals surface area contributed by atoms with Gasteiger partial charge in [-0.2, -0.15) is 0 Å². The minimum Gasteiger partial charge on any atom is -0.457 e. The number of amides is 1. The lowest BCUT2D eigenvalue weighted by Gasteiger charge is -2.19. The first-order valence-corrected chi connectivity index (χ1v) is 8.59. The van der Waals surface area contributed by atoms with Gasteiger partial charge in [0.05, 0.1) is 0 Å². The van der Waals surface area contributed by atoms with E-state index in [1.807, 2.05) is 69.3 Å². The number of alkyl carbamates (subject to hydrolysis) is 1. The zero-order valence-electron chi connectivity index (χ0n) is 15.5. The van der Waals surface area contributed by atoms with Crippen molar-refractivity contribution in [3.05, 3.63) is 60.2 Å². The monoisotopic (exact) mass is 354 g/mol. The molecule has 0 atom stereocenters. The fourth-order valence-corrected chi connectivity index (χ4v) is 2.11. The number of rotatable bonds is 6. The minimum absolute atomic E-state index is 0.393. The summed E-state index contributed by atoms with van der Waals surface area (Å²) in [5, 5.41) is 2.72. The zero-order valence-corrected chi connectivity index (χ0v) is 15.5. The van der Waals surface area contributed by atoms with E-state index >= 15 is 0 Å². The lowest BCUT2D eigenvalue weighted by atomic mass is 10.2. The summed E-state index contributed by atoms with van der Waals surface area (Å²) in [7, 11) is 0. The van der Waals surface area contributed by atoms with Crippen molar-refractivity contribution >= 4 is 17.9 Å². The molecular weight excluding hydrogens is 328 g/mol. The Hall–Kier alpha value is -2.95. The van der Waals surface area contributed by atoms with Gasteiger partial charge >= 0.3 is 6.09 Å². The van der Waals surface area contributed by atoms with Gasteiger partial charge in [0.2, 0.25) is 0 Å². The van der Waals surface area contributed by atoms with E-state index in [0.717, 1.165) is 23.5 Å². The molecule has 5 heteroatoms. The normalized spacial score (nSPS) is 11.3. The van der Waals surface area contributed by atoms with Crippen LogP contribution in [-0.2, 0) is 4.74 Å². The molecule has 0 heterocycles. The summed E-state index contributed by atoms with van der Waals surface area (Å²) < 4.78 is 10.9. The average Bonchev–Trinajstić information content (AvgIpc) is 2.56. The highest BCUT2D eigenvalue weighted by molar-refractivity contribution is 5.67. The maximum absolute atomic E-state index is 11.5. The molecule has 2 aromatic carbocycles. The van der Waals surface area contributed by atoms with Crippen molar-refractivity contribution in [2.45, 2.75) is 32.8 Å². The third-order valence-corrected chi connectivity index (χ3v) is 3.29. The predicted molar refractivity (Wildman–Crippen MR) is 105 cm³/mol. The van der Waals surface area contributed by atoms with E-state index in [9.17, 15) is 4.79 Å². The fourth-order valence-electron chi connectivity index (χ4n) is 2.11. The molecule has 0 unspecified atom stereocenters. The van der Waals surface area contributed by atoms with Crippen LogP contribution in [0.4, 0.5) is 10.5 Å². The number of ether oxygens (including phenoxy) is 2. The van der Waals surface area contributed by atoms with Crippen LogP contribution >= 0.6 is 0 Å². The molecule has 0 aromatic heterocycles. The number of carbonyl (C=O) groups excluding carboxylic acids is 1. The Labute approximate surface area is 154 Å². The van der Waals surface area contributed by atoms with E-state index in [1.54, 1.807) is 12.1 Å². The van der Waals surface area contributed by atoms with Crippen LogP contribution in [0.25, 0.3) is 6.08 Å². The van der Waals surface area contributed by atoms with Gasteiger partial charge in [-0.3, -0.25) is 0 Å². The molecule has 3 N–H and O–H groups in total. The van der Waals surface area contributed by atoms with Crippen molar-refractivity contribution in [1.82, 2.24) is 5.32 Å². The summed E-state index contributed by atoms with van der Waals surface area (Å²) in [5.74, 6) is 1.51. The van der Waals surface area contributed by atoms with Crippen LogP contribution in [0.2, 0.25) is 0 Å². The Morgan fingerprint density at radius 3 is 2.19 bits per heavy atom.